The predicted octanol–water partition coefficient (Wildman–Crippen LogP) is 2.32. The van der Waals surface area contributed by atoms with Crippen LogP contribution in [0.5, 0.6) is 5.75 Å². The van der Waals surface area contributed by atoms with E-state index in [-0.39, 0.29) is 17.6 Å². The van der Waals surface area contributed by atoms with Gasteiger partial charge in [0.25, 0.3) is 0 Å². The number of benzene rings is 1. The second-order valence-electron chi connectivity index (χ2n) is 3.99. The molecule has 0 bridgehead atoms. The van der Waals surface area contributed by atoms with Gasteiger partial charge in [0.1, 0.15) is 5.82 Å². The highest BCUT2D eigenvalue weighted by Crippen LogP contribution is 2.24. The molecule has 0 amide bonds. The lowest BCUT2D eigenvalue weighted by Crippen LogP contribution is -2.24. The molecule has 100 valence electrons. The van der Waals surface area contributed by atoms with Gasteiger partial charge < -0.3 is 10.1 Å². The molecule has 0 fully saturated rings. The highest BCUT2D eigenvalue weighted by molar-refractivity contribution is 5.33. The van der Waals surface area contributed by atoms with Crippen molar-refractivity contribution >= 4 is 0 Å². The second kappa shape index (κ2) is 6.24. The first kappa shape index (κ1) is 13.4. The van der Waals surface area contributed by atoms with E-state index >= 15 is 0 Å². The maximum atomic E-state index is 13.8. The molecule has 1 unspecified atom stereocenters. The molecule has 0 aliphatic rings. The summed E-state index contributed by atoms with van der Waals surface area (Å²) in [5, 5.41) is 3.25. The van der Waals surface area contributed by atoms with Crippen molar-refractivity contribution in [2.75, 3.05) is 13.7 Å². The minimum atomic E-state index is -0.390. The fraction of sp³-hybridized carbons (Fsp3) is 0.286. The van der Waals surface area contributed by atoms with Gasteiger partial charge in [0.05, 0.1) is 13.2 Å². The Hall–Kier alpha value is -2.01. The number of ether oxygens (including phenoxy) is 1. The van der Waals surface area contributed by atoms with E-state index in [0.717, 1.165) is 12.1 Å². The van der Waals surface area contributed by atoms with Gasteiger partial charge in [-0.2, -0.15) is 0 Å². The third-order valence-corrected chi connectivity index (χ3v) is 2.76. The largest absolute Gasteiger partial charge is 0.494 e. The Labute approximate surface area is 111 Å². The lowest BCUT2D eigenvalue weighted by molar-refractivity contribution is 0.385. The van der Waals surface area contributed by atoms with Gasteiger partial charge in [0, 0.05) is 12.4 Å². The molecule has 0 saturated heterocycles. The predicted molar refractivity (Wildman–Crippen MR) is 70.5 cm³/mol. The van der Waals surface area contributed by atoms with Crippen molar-refractivity contribution < 1.29 is 9.13 Å². The van der Waals surface area contributed by atoms with Crippen LogP contribution in [0.3, 0.4) is 0 Å². The van der Waals surface area contributed by atoms with Gasteiger partial charge in [-0.05, 0) is 30.3 Å². The number of nitrogens with one attached hydrogen (secondary N) is 1. The van der Waals surface area contributed by atoms with Crippen LogP contribution in [-0.4, -0.2) is 23.6 Å². The molecule has 1 atom stereocenters. The molecule has 0 saturated carbocycles. The van der Waals surface area contributed by atoms with Gasteiger partial charge in [-0.1, -0.05) is 13.0 Å². The first-order valence-corrected chi connectivity index (χ1v) is 6.10. The summed E-state index contributed by atoms with van der Waals surface area (Å²) in [6.07, 6.45) is 3.35. The molecule has 19 heavy (non-hydrogen) atoms. The summed E-state index contributed by atoms with van der Waals surface area (Å²) in [5.41, 5.74) is 0.770. The Bertz CT molecular complexity index is 533. The number of nitrogens with zero attached hydrogens (tertiary/aromatic N) is 2. The molecular formula is C14H16FN3O. The quantitative estimate of drug-likeness (QED) is 0.897. The highest BCUT2D eigenvalue weighted by Gasteiger charge is 2.17. The van der Waals surface area contributed by atoms with Crippen molar-refractivity contribution in [3.8, 4) is 5.75 Å². The summed E-state index contributed by atoms with van der Waals surface area (Å²) in [5.74, 6) is 0.459. The molecule has 0 aliphatic carbocycles. The van der Waals surface area contributed by atoms with Crippen LogP contribution in [0.1, 0.15) is 24.4 Å². The van der Waals surface area contributed by atoms with Crippen molar-refractivity contribution in [2.45, 2.75) is 13.0 Å². The average Bonchev–Trinajstić information content (AvgIpc) is 2.45. The third-order valence-electron chi connectivity index (χ3n) is 2.76. The maximum absolute atomic E-state index is 13.8. The van der Waals surface area contributed by atoms with E-state index in [2.05, 4.69) is 15.3 Å². The summed E-state index contributed by atoms with van der Waals surface area (Å²) in [6.45, 7) is 2.71. The Morgan fingerprint density at radius 3 is 2.63 bits per heavy atom. The lowest BCUT2D eigenvalue weighted by Gasteiger charge is -2.17. The minimum absolute atomic E-state index is 0.230. The van der Waals surface area contributed by atoms with Crippen molar-refractivity contribution in [1.82, 2.24) is 15.3 Å². The van der Waals surface area contributed by atoms with Gasteiger partial charge in [0.15, 0.2) is 11.6 Å². The molecule has 1 N–H and O–H groups in total. The fourth-order valence-corrected chi connectivity index (χ4v) is 1.88. The maximum Gasteiger partial charge on any atom is 0.165 e. The van der Waals surface area contributed by atoms with E-state index in [1.807, 2.05) is 13.0 Å². The number of rotatable bonds is 5. The molecule has 5 heteroatoms. The number of methoxy groups -OCH3 is 1. The average molecular weight is 261 g/mol. The number of halogens is 1. The van der Waals surface area contributed by atoms with Crippen molar-refractivity contribution in [3.63, 3.8) is 0 Å². The third kappa shape index (κ3) is 3.06. The zero-order chi connectivity index (χ0) is 13.7. The summed E-state index contributed by atoms with van der Waals surface area (Å²) in [4.78, 5) is 8.44. The molecule has 1 heterocycles. The summed E-state index contributed by atoms with van der Waals surface area (Å²) < 4.78 is 18.7. The fourth-order valence-electron chi connectivity index (χ4n) is 1.88. The molecule has 0 aliphatic heterocycles. The topological polar surface area (TPSA) is 47.0 Å². The van der Waals surface area contributed by atoms with E-state index in [0.29, 0.717) is 5.82 Å². The summed E-state index contributed by atoms with van der Waals surface area (Å²) >= 11 is 0. The van der Waals surface area contributed by atoms with Crippen LogP contribution in [-0.2, 0) is 0 Å². The summed E-state index contributed by atoms with van der Waals surface area (Å²) in [7, 11) is 1.44. The Morgan fingerprint density at radius 2 is 2.05 bits per heavy atom. The van der Waals surface area contributed by atoms with Gasteiger partial charge in [-0.15, -0.1) is 0 Å². The van der Waals surface area contributed by atoms with Crippen LogP contribution >= 0.6 is 0 Å². The summed E-state index contributed by atoms with van der Waals surface area (Å²) in [6, 6.07) is 6.39. The number of hydrogen-bond acceptors (Lipinski definition) is 4. The van der Waals surface area contributed by atoms with Gasteiger partial charge in [-0.25, -0.2) is 14.4 Å². The lowest BCUT2D eigenvalue weighted by atomic mass is 10.1. The van der Waals surface area contributed by atoms with Crippen LogP contribution in [0.25, 0.3) is 0 Å². The smallest absolute Gasteiger partial charge is 0.165 e. The molecule has 0 spiro atoms. The first-order chi connectivity index (χ1) is 9.26. The SMILES string of the molecule is CCNC(c1ccc(OC)c(F)c1)c1ncccn1. The van der Waals surface area contributed by atoms with Crippen LogP contribution in [0, 0.1) is 5.82 Å². The van der Waals surface area contributed by atoms with Gasteiger partial charge >= 0.3 is 0 Å². The minimum Gasteiger partial charge on any atom is -0.494 e. The van der Waals surface area contributed by atoms with E-state index < -0.39 is 0 Å². The molecular weight excluding hydrogens is 245 g/mol. The van der Waals surface area contributed by atoms with Crippen LogP contribution < -0.4 is 10.1 Å². The van der Waals surface area contributed by atoms with Crippen LogP contribution in [0.15, 0.2) is 36.7 Å². The molecule has 4 nitrogen and oxygen atoms in total. The Kier molecular flexibility index (Phi) is 4.41. The standard InChI is InChI=1S/C14H16FN3O/c1-3-16-13(14-17-7-4-8-18-14)10-5-6-12(19-2)11(15)9-10/h4-9,13,16H,3H2,1-2H3. The number of aromatic nitrogens is 2. The molecule has 2 aromatic rings. The first-order valence-electron chi connectivity index (χ1n) is 6.10. The van der Waals surface area contributed by atoms with Gasteiger partial charge in [-0.3, -0.25) is 0 Å². The molecule has 0 radical (unpaired) electrons. The molecule has 1 aromatic carbocycles. The second-order valence-corrected chi connectivity index (χ2v) is 3.99. The van der Waals surface area contributed by atoms with E-state index in [4.69, 9.17) is 4.74 Å². The molecule has 2 rings (SSSR count). The van der Waals surface area contributed by atoms with Crippen LogP contribution in [0.2, 0.25) is 0 Å². The normalized spacial score (nSPS) is 12.2. The van der Waals surface area contributed by atoms with E-state index in [9.17, 15) is 4.39 Å². The zero-order valence-electron chi connectivity index (χ0n) is 10.9. The van der Waals surface area contributed by atoms with Crippen molar-refractivity contribution in [3.05, 3.63) is 53.9 Å². The Balaban J connectivity index is 2.37. The highest BCUT2D eigenvalue weighted by atomic mass is 19.1. The van der Waals surface area contributed by atoms with E-state index in [1.54, 1.807) is 24.5 Å². The van der Waals surface area contributed by atoms with Crippen LogP contribution in [0.4, 0.5) is 4.39 Å². The zero-order valence-corrected chi connectivity index (χ0v) is 10.9. The number of hydrogen-bond donors (Lipinski definition) is 1. The Morgan fingerprint density at radius 1 is 1.32 bits per heavy atom. The monoisotopic (exact) mass is 261 g/mol. The van der Waals surface area contributed by atoms with Gasteiger partial charge in [0.2, 0.25) is 0 Å². The van der Waals surface area contributed by atoms with E-state index in [1.165, 1.54) is 13.2 Å². The van der Waals surface area contributed by atoms with Crippen molar-refractivity contribution in [1.29, 1.82) is 0 Å². The van der Waals surface area contributed by atoms with Crippen molar-refractivity contribution in [2.24, 2.45) is 0 Å². The molecule has 1 aromatic heterocycles.